The van der Waals surface area contributed by atoms with Crippen molar-refractivity contribution >= 4 is 11.7 Å². The molecule has 1 aromatic heterocycles. The molecule has 2 heterocycles. The Morgan fingerprint density at radius 3 is 2.33 bits per heavy atom. The number of fused-ring (bicyclic) bond motifs is 1. The van der Waals surface area contributed by atoms with Crippen LogP contribution in [-0.4, -0.2) is 15.7 Å². The highest BCUT2D eigenvalue weighted by molar-refractivity contribution is 5.94. The zero-order chi connectivity index (χ0) is 19.2. The van der Waals surface area contributed by atoms with E-state index in [4.69, 9.17) is 0 Å². The van der Waals surface area contributed by atoms with Crippen molar-refractivity contribution < 1.29 is 22.4 Å². The van der Waals surface area contributed by atoms with Crippen LogP contribution in [-0.2, 0) is 11.0 Å². The van der Waals surface area contributed by atoms with E-state index in [-0.39, 0.29) is 12.3 Å². The predicted octanol–water partition coefficient (Wildman–Crippen LogP) is 4.50. The van der Waals surface area contributed by atoms with Crippen molar-refractivity contribution in [3.63, 3.8) is 0 Å². The number of halogens is 4. The van der Waals surface area contributed by atoms with Crippen LogP contribution in [0.15, 0.2) is 54.7 Å². The van der Waals surface area contributed by atoms with Gasteiger partial charge in [-0.1, -0.05) is 12.1 Å². The second-order valence-electron chi connectivity index (χ2n) is 6.26. The summed E-state index contributed by atoms with van der Waals surface area (Å²) in [5, 5.41) is 7.01. The molecular weight excluding hydrogens is 362 g/mol. The predicted molar refractivity (Wildman–Crippen MR) is 90.1 cm³/mol. The van der Waals surface area contributed by atoms with Gasteiger partial charge in [-0.05, 0) is 42.0 Å². The Bertz CT molecular complexity index is 991. The van der Waals surface area contributed by atoms with Gasteiger partial charge < -0.3 is 5.32 Å². The average molecular weight is 375 g/mol. The third kappa shape index (κ3) is 3.18. The minimum atomic E-state index is -4.42. The topological polar surface area (TPSA) is 46.9 Å². The molecule has 0 fully saturated rings. The van der Waals surface area contributed by atoms with Crippen LogP contribution in [0.3, 0.4) is 0 Å². The number of carbonyl (C=O) groups is 1. The number of aromatic nitrogens is 2. The fourth-order valence-corrected chi connectivity index (χ4v) is 3.20. The molecule has 0 radical (unpaired) electrons. The van der Waals surface area contributed by atoms with Gasteiger partial charge in [0, 0.05) is 17.9 Å². The molecule has 8 heteroatoms. The number of carbonyl (C=O) groups excluding carboxylic acids is 1. The Morgan fingerprint density at radius 1 is 1.04 bits per heavy atom. The van der Waals surface area contributed by atoms with Crippen molar-refractivity contribution in [1.82, 2.24) is 9.78 Å². The van der Waals surface area contributed by atoms with E-state index in [9.17, 15) is 22.4 Å². The van der Waals surface area contributed by atoms with E-state index in [2.05, 4.69) is 10.4 Å². The molecule has 4 rings (SSSR count). The van der Waals surface area contributed by atoms with Gasteiger partial charge in [0.2, 0.25) is 5.91 Å². The van der Waals surface area contributed by atoms with Crippen LogP contribution in [0.4, 0.5) is 23.4 Å². The van der Waals surface area contributed by atoms with Crippen molar-refractivity contribution in [1.29, 1.82) is 0 Å². The van der Waals surface area contributed by atoms with E-state index >= 15 is 0 Å². The minimum absolute atomic E-state index is 0.105. The second-order valence-corrected chi connectivity index (χ2v) is 6.26. The summed E-state index contributed by atoms with van der Waals surface area (Å²) in [7, 11) is 0. The highest BCUT2D eigenvalue weighted by Gasteiger charge is 2.33. The summed E-state index contributed by atoms with van der Waals surface area (Å²) in [6.45, 7) is 0. The fourth-order valence-electron chi connectivity index (χ4n) is 3.20. The van der Waals surface area contributed by atoms with Gasteiger partial charge in [0.05, 0.1) is 17.4 Å². The Balaban J connectivity index is 1.74. The number of anilines is 1. The summed E-state index contributed by atoms with van der Waals surface area (Å²) in [4.78, 5) is 12.2. The molecular formula is C19H13F4N3O. The van der Waals surface area contributed by atoms with Crippen molar-refractivity contribution in [2.24, 2.45) is 0 Å². The Labute approximate surface area is 151 Å². The summed E-state index contributed by atoms with van der Waals surface area (Å²) in [5.74, 6) is -0.643. The van der Waals surface area contributed by atoms with Crippen molar-refractivity contribution in [2.75, 3.05) is 5.32 Å². The van der Waals surface area contributed by atoms with Crippen molar-refractivity contribution in [3.8, 4) is 5.69 Å². The second kappa shape index (κ2) is 6.22. The molecule has 1 amide bonds. The minimum Gasteiger partial charge on any atom is -0.310 e. The summed E-state index contributed by atoms with van der Waals surface area (Å²) in [6.07, 6.45) is -2.74. The molecule has 3 aromatic rings. The van der Waals surface area contributed by atoms with Crippen molar-refractivity contribution in [3.05, 3.63) is 77.2 Å². The number of rotatable bonds is 2. The molecule has 27 heavy (non-hydrogen) atoms. The van der Waals surface area contributed by atoms with Crippen molar-refractivity contribution in [2.45, 2.75) is 18.5 Å². The van der Waals surface area contributed by atoms with Crippen LogP contribution in [0.2, 0.25) is 0 Å². The summed E-state index contributed by atoms with van der Waals surface area (Å²) in [5.41, 5.74) is 1.11. The molecule has 1 atom stereocenters. The maximum atomic E-state index is 13.1. The fraction of sp³-hybridized carbons (Fsp3) is 0.158. The molecule has 0 spiro atoms. The first-order valence-electron chi connectivity index (χ1n) is 8.14. The van der Waals surface area contributed by atoms with Gasteiger partial charge in [0.1, 0.15) is 11.6 Å². The smallest absolute Gasteiger partial charge is 0.310 e. The zero-order valence-electron chi connectivity index (χ0n) is 13.8. The monoisotopic (exact) mass is 375 g/mol. The van der Waals surface area contributed by atoms with Crippen LogP contribution in [0.25, 0.3) is 5.69 Å². The van der Waals surface area contributed by atoms with Gasteiger partial charge >= 0.3 is 6.18 Å². The number of hydrogen-bond acceptors (Lipinski definition) is 2. The first kappa shape index (κ1) is 17.3. The number of benzene rings is 2. The first-order valence-corrected chi connectivity index (χ1v) is 8.14. The quantitative estimate of drug-likeness (QED) is 0.670. The number of nitrogens with zero attached hydrogens (tertiary/aromatic N) is 2. The normalized spacial score (nSPS) is 16.7. The van der Waals surface area contributed by atoms with Gasteiger partial charge in [-0.15, -0.1) is 0 Å². The Hall–Kier alpha value is -3.16. The lowest BCUT2D eigenvalue weighted by molar-refractivity contribution is -0.137. The van der Waals surface area contributed by atoms with Gasteiger partial charge in [-0.3, -0.25) is 4.79 Å². The molecule has 0 aliphatic carbocycles. The van der Waals surface area contributed by atoms with E-state index in [1.807, 2.05) is 0 Å². The molecule has 4 nitrogen and oxygen atoms in total. The van der Waals surface area contributed by atoms with Gasteiger partial charge in [-0.2, -0.15) is 18.3 Å². The van der Waals surface area contributed by atoms with Gasteiger partial charge in [0.15, 0.2) is 0 Å². The van der Waals surface area contributed by atoms with Gasteiger partial charge in [-0.25, -0.2) is 9.07 Å². The zero-order valence-corrected chi connectivity index (χ0v) is 13.8. The number of nitrogens with one attached hydrogen (secondary N) is 1. The van der Waals surface area contributed by atoms with Crippen LogP contribution < -0.4 is 5.32 Å². The number of hydrogen-bond donors (Lipinski definition) is 1. The third-order valence-corrected chi connectivity index (χ3v) is 4.53. The van der Waals surface area contributed by atoms with E-state index < -0.39 is 23.5 Å². The lowest BCUT2D eigenvalue weighted by Crippen LogP contribution is -2.24. The lowest BCUT2D eigenvalue weighted by atomic mass is 9.87. The van der Waals surface area contributed by atoms with E-state index in [0.29, 0.717) is 22.6 Å². The van der Waals surface area contributed by atoms with E-state index in [0.717, 1.165) is 12.1 Å². The lowest BCUT2D eigenvalue weighted by Gasteiger charge is -2.24. The van der Waals surface area contributed by atoms with Crippen LogP contribution in [0.1, 0.15) is 29.0 Å². The highest BCUT2D eigenvalue weighted by Crippen LogP contribution is 2.39. The molecule has 1 aliphatic rings. The van der Waals surface area contributed by atoms with Crippen LogP contribution in [0.5, 0.6) is 0 Å². The summed E-state index contributed by atoms with van der Waals surface area (Å²) >= 11 is 0. The van der Waals surface area contributed by atoms with Gasteiger partial charge in [0.25, 0.3) is 0 Å². The molecule has 0 saturated heterocycles. The number of amides is 1. The molecule has 1 unspecified atom stereocenters. The summed E-state index contributed by atoms with van der Waals surface area (Å²) < 4.78 is 53.0. The maximum absolute atomic E-state index is 13.1. The molecule has 0 bridgehead atoms. The third-order valence-electron chi connectivity index (χ3n) is 4.53. The average Bonchev–Trinajstić information content (AvgIpc) is 3.05. The molecule has 138 valence electrons. The molecule has 2 aromatic carbocycles. The van der Waals surface area contributed by atoms with E-state index in [1.54, 1.807) is 6.20 Å². The highest BCUT2D eigenvalue weighted by atomic mass is 19.4. The van der Waals surface area contributed by atoms with Crippen LogP contribution in [0, 0.1) is 5.82 Å². The molecule has 1 N–H and O–H groups in total. The molecule has 0 saturated carbocycles. The molecule has 1 aliphatic heterocycles. The largest absolute Gasteiger partial charge is 0.416 e. The Morgan fingerprint density at radius 2 is 1.70 bits per heavy atom. The summed E-state index contributed by atoms with van der Waals surface area (Å²) in [6, 6.07) is 10.4. The van der Waals surface area contributed by atoms with E-state index in [1.165, 1.54) is 41.1 Å². The standard InChI is InChI=1S/C19H13F4N3O/c20-13-5-7-14(8-6-13)26-18-16(10-24-26)15(9-17(27)25-18)11-1-3-12(4-2-11)19(21,22)23/h1-8,10,15H,9H2,(H,25,27). The van der Waals surface area contributed by atoms with Crippen LogP contribution >= 0.6 is 0 Å². The SMILES string of the molecule is O=C1CC(c2ccc(C(F)(F)F)cc2)c2cnn(-c3ccc(F)cc3)c2N1. The number of alkyl halides is 3. The Kier molecular flexibility index (Phi) is 3.98. The first-order chi connectivity index (χ1) is 12.8. The maximum Gasteiger partial charge on any atom is 0.416 e.